The Morgan fingerprint density at radius 2 is 1.44 bits per heavy atom. The molecular formula is C37H41N11O7. The summed E-state index contributed by atoms with van der Waals surface area (Å²) in [4.78, 5) is 52.2. The summed E-state index contributed by atoms with van der Waals surface area (Å²) in [5.74, 6) is 0.0582. The van der Waals surface area contributed by atoms with Gasteiger partial charge in [0, 0.05) is 44.1 Å². The van der Waals surface area contributed by atoms with Crippen molar-refractivity contribution in [3.8, 4) is 11.5 Å². The second-order valence-corrected chi connectivity index (χ2v) is 12.9. The Morgan fingerprint density at radius 1 is 0.855 bits per heavy atom. The standard InChI is InChI=1S/C37H41N11O7/c1-5-23-31(55-20(4)40-23)35(52)44-37-42-25-16-22(33(39)50)18-28-30(25)47(37)11-8-7-10-46-29-24(15-21(32(38)49)17-27(29)53-12-9-13-54-28)41-36(46)43-34(51)26-14-19(3)45-48(26)6-2/h7-8,14-18,35,52H,5-6,9-13H2,1-4H3,(H2,38,49)(H2,39,50)(H,42,44)(H,41,43,51)/b8-7+. The summed E-state index contributed by atoms with van der Waals surface area (Å²) in [6.07, 6.45) is 3.34. The van der Waals surface area contributed by atoms with Crippen molar-refractivity contribution in [2.75, 3.05) is 23.8 Å². The lowest BCUT2D eigenvalue weighted by atomic mass is 10.1. The zero-order valence-corrected chi connectivity index (χ0v) is 30.8. The predicted octanol–water partition coefficient (Wildman–Crippen LogP) is 3.74. The average molecular weight is 752 g/mol. The number of rotatable bonds is 9. The van der Waals surface area contributed by atoms with Gasteiger partial charge in [0.2, 0.25) is 23.7 Å². The smallest absolute Gasteiger partial charge is 0.276 e. The molecule has 1 atom stereocenters. The normalized spacial score (nSPS) is 14.4. The number of hydrogen-bond donors (Lipinski definition) is 5. The van der Waals surface area contributed by atoms with Crippen LogP contribution in [0.25, 0.3) is 22.1 Å². The zero-order valence-electron chi connectivity index (χ0n) is 30.8. The van der Waals surface area contributed by atoms with Crippen LogP contribution in [-0.4, -0.2) is 69.9 Å². The van der Waals surface area contributed by atoms with E-state index in [2.05, 4.69) is 20.7 Å². The van der Waals surface area contributed by atoms with E-state index in [-0.39, 0.29) is 55.1 Å². The number of nitrogens with one attached hydrogen (secondary N) is 2. The van der Waals surface area contributed by atoms with Gasteiger partial charge in [-0.05, 0) is 50.6 Å². The van der Waals surface area contributed by atoms with Gasteiger partial charge in [0.25, 0.3) is 5.91 Å². The lowest BCUT2D eigenvalue weighted by molar-refractivity contribution is 0.0991. The van der Waals surface area contributed by atoms with Crippen molar-refractivity contribution < 1.29 is 33.4 Å². The topological polar surface area (TPSA) is 245 Å². The monoisotopic (exact) mass is 751 g/mol. The summed E-state index contributed by atoms with van der Waals surface area (Å²) < 4.78 is 23.4. The number of aryl methyl sites for hydroxylation is 4. The first-order chi connectivity index (χ1) is 26.4. The van der Waals surface area contributed by atoms with E-state index < -0.39 is 23.9 Å². The van der Waals surface area contributed by atoms with Gasteiger partial charge in [0.05, 0.1) is 35.6 Å². The van der Waals surface area contributed by atoms with E-state index in [1.165, 1.54) is 0 Å². The maximum absolute atomic E-state index is 13.6. The number of benzene rings is 2. The number of aromatic nitrogens is 7. The maximum Gasteiger partial charge on any atom is 0.276 e. The summed E-state index contributed by atoms with van der Waals surface area (Å²) in [6, 6.07) is 7.91. The van der Waals surface area contributed by atoms with Gasteiger partial charge < -0.3 is 44.9 Å². The molecule has 1 unspecified atom stereocenters. The predicted molar refractivity (Wildman–Crippen MR) is 201 cm³/mol. The number of hydrogen-bond acceptors (Lipinski definition) is 12. The van der Waals surface area contributed by atoms with Gasteiger partial charge in [-0.2, -0.15) is 5.10 Å². The highest BCUT2D eigenvalue weighted by Gasteiger charge is 2.25. The van der Waals surface area contributed by atoms with Crippen molar-refractivity contribution in [1.29, 1.82) is 0 Å². The number of anilines is 2. The summed E-state index contributed by atoms with van der Waals surface area (Å²) in [5, 5.41) is 21.7. The Balaban J connectivity index is 1.32. The number of imidazole rings is 2. The molecule has 7 N–H and O–H groups in total. The molecule has 4 aromatic heterocycles. The third-order valence-corrected chi connectivity index (χ3v) is 9.07. The number of primary amides is 2. The molecule has 1 aliphatic rings. The molecule has 286 valence electrons. The van der Waals surface area contributed by atoms with Crippen molar-refractivity contribution in [2.45, 2.75) is 66.4 Å². The second-order valence-electron chi connectivity index (χ2n) is 12.9. The first-order valence-electron chi connectivity index (χ1n) is 17.8. The van der Waals surface area contributed by atoms with Crippen LogP contribution in [0.15, 0.2) is 46.9 Å². The largest absolute Gasteiger partial charge is 0.491 e. The Morgan fingerprint density at radius 3 is 2.00 bits per heavy atom. The van der Waals surface area contributed by atoms with Crippen LogP contribution < -0.4 is 31.6 Å². The van der Waals surface area contributed by atoms with Crippen LogP contribution in [0.2, 0.25) is 0 Å². The Kier molecular flexibility index (Phi) is 9.98. The van der Waals surface area contributed by atoms with Crippen LogP contribution in [0, 0.1) is 13.8 Å². The number of carbonyl (C=O) groups is 3. The molecule has 0 spiro atoms. The minimum absolute atomic E-state index is 0.155. The Labute approximate surface area is 314 Å². The van der Waals surface area contributed by atoms with Crippen molar-refractivity contribution in [1.82, 2.24) is 33.9 Å². The molecule has 55 heavy (non-hydrogen) atoms. The van der Waals surface area contributed by atoms with Gasteiger partial charge in [-0.25, -0.2) is 15.0 Å². The number of aliphatic hydroxyl groups excluding tert-OH is 1. The number of ether oxygens (including phenoxy) is 2. The van der Waals surface area contributed by atoms with Crippen LogP contribution in [0.1, 0.15) is 80.7 Å². The summed E-state index contributed by atoms with van der Waals surface area (Å²) in [7, 11) is 0. The van der Waals surface area contributed by atoms with Gasteiger partial charge >= 0.3 is 0 Å². The fourth-order valence-electron chi connectivity index (χ4n) is 6.58. The SMILES string of the molecule is CCc1nc(C)oc1C(O)Nc1nc2cc(C(N)=O)cc3c2n1C/C=C/Cn1c(NC(=O)c2cc(C)nn2CC)nc2cc(C(N)=O)cc(c21)OCCCO3. The number of carbonyl (C=O) groups excluding carboxylic acids is 3. The van der Waals surface area contributed by atoms with Gasteiger partial charge in [0.15, 0.2) is 17.9 Å². The fourth-order valence-corrected chi connectivity index (χ4v) is 6.58. The van der Waals surface area contributed by atoms with E-state index in [0.717, 1.165) is 0 Å². The highest BCUT2D eigenvalue weighted by molar-refractivity contribution is 6.04. The lowest BCUT2D eigenvalue weighted by Gasteiger charge is -2.15. The van der Waals surface area contributed by atoms with E-state index in [9.17, 15) is 19.5 Å². The van der Waals surface area contributed by atoms with E-state index in [1.54, 1.807) is 51.1 Å². The fraction of sp³-hybridized carbons (Fsp3) is 0.324. The minimum Gasteiger partial charge on any atom is -0.491 e. The van der Waals surface area contributed by atoms with Crippen molar-refractivity contribution >= 4 is 51.7 Å². The average Bonchev–Trinajstić information content (AvgIpc) is 3.91. The number of allylic oxidation sites excluding steroid dienone is 2. The Hall–Kier alpha value is -6.69. The first-order valence-corrected chi connectivity index (χ1v) is 17.8. The van der Waals surface area contributed by atoms with Crippen molar-refractivity contribution in [3.05, 3.63) is 82.3 Å². The zero-order chi connectivity index (χ0) is 39.0. The van der Waals surface area contributed by atoms with E-state index >= 15 is 0 Å². The molecule has 0 fully saturated rings. The molecule has 18 heteroatoms. The highest BCUT2D eigenvalue weighted by atomic mass is 16.5. The van der Waals surface area contributed by atoms with Crippen molar-refractivity contribution in [2.24, 2.45) is 11.5 Å². The van der Waals surface area contributed by atoms with E-state index in [0.29, 0.717) is 75.9 Å². The molecular weight excluding hydrogens is 710 g/mol. The third-order valence-electron chi connectivity index (χ3n) is 9.07. The molecule has 6 aromatic rings. The van der Waals surface area contributed by atoms with Crippen LogP contribution >= 0.6 is 0 Å². The number of aliphatic hydroxyl groups is 1. The highest BCUT2D eigenvalue weighted by Crippen LogP contribution is 2.34. The summed E-state index contributed by atoms with van der Waals surface area (Å²) in [5.41, 5.74) is 15.3. The molecule has 0 saturated carbocycles. The maximum atomic E-state index is 13.6. The van der Waals surface area contributed by atoms with Crippen molar-refractivity contribution in [3.63, 3.8) is 0 Å². The molecule has 18 nitrogen and oxygen atoms in total. The number of nitrogens with zero attached hydrogens (tertiary/aromatic N) is 7. The molecule has 5 heterocycles. The van der Waals surface area contributed by atoms with Crippen LogP contribution in [0.5, 0.6) is 11.5 Å². The van der Waals surface area contributed by atoms with Gasteiger partial charge in [-0.3, -0.25) is 24.4 Å². The molecule has 0 aliphatic carbocycles. The molecule has 0 saturated heterocycles. The van der Waals surface area contributed by atoms with Gasteiger partial charge in [-0.1, -0.05) is 19.1 Å². The van der Waals surface area contributed by atoms with E-state index in [4.69, 9.17) is 35.3 Å². The first kappa shape index (κ1) is 36.7. The summed E-state index contributed by atoms with van der Waals surface area (Å²) >= 11 is 0. The van der Waals surface area contributed by atoms with E-state index in [1.807, 2.05) is 32.9 Å². The second kappa shape index (κ2) is 15.0. The molecule has 3 amide bonds. The molecule has 7 rings (SSSR count). The Bertz CT molecular complexity index is 2490. The van der Waals surface area contributed by atoms with Crippen LogP contribution in [0.4, 0.5) is 11.9 Å². The molecule has 0 radical (unpaired) electrons. The number of nitrogens with two attached hydrogens (primary N) is 2. The lowest BCUT2D eigenvalue weighted by Crippen LogP contribution is -2.20. The number of amides is 3. The van der Waals surface area contributed by atoms with Gasteiger partial charge in [0.1, 0.15) is 28.2 Å². The molecule has 2 aromatic carbocycles. The number of oxazole rings is 1. The summed E-state index contributed by atoms with van der Waals surface area (Å²) in [6.45, 7) is 8.53. The minimum atomic E-state index is -1.30. The molecule has 0 bridgehead atoms. The van der Waals surface area contributed by atoms with Gasteiger partial charge in [-0.15, -0.1) is 0 Å². The quantitative estimate of drug-likeness (QED) is 0.105. The molecule has 1 aliphatic heterocycles. The third kappa shape index (κ3) is 7.18. The van der Waals surface area contributed by atoms with Crippen LogP contribution in [0.3, 0.4) is 0 Å². The van der Waals surface area contributed by atoms with Crippen LogP contribution in [-0.2, 0) is 26.1 Å².